The largest absolute Gasteiger partial charge is 0.392 e. The van der Waals surface area contributed by atoms with Crippen molar-refractivity contribution in [1.29, 1.82) is 0 Å². The van der Waals surface area contributed by atoms with Crippen molar-refractivity contribution in [1.82, 2.24) is 4.90 Å². The normalized spacial score (nSPS) is 17.1. The van der Waals surface area contributed by atoms with Gasteiger partial charge in [-0.3, -0.25) is 4.90 Å². The Bertz CT molecular complexity index is 824. The molecule has 29 heavy (non-hydrogen) atoms. The summed E-state index contributed by atoms with van der Waals surface area (Å²) in [6.45, 7) is 5.42. The second-order valence-corrected chi connectivity index (χ2v) is 7.75. The van der Waals surface area contributed by atoms with Gasteiger partial charge in [-0.05, 0) is 48.2 Å². The van der Waals surface area contributed by atoms with E-state index in [1.807, 2.05) is 24.3 Å². The van der Waals surface area contributed by atoms with Crippen molar-refractivity contribution in [3.63, 3.8) is 0 Å². The van der Waals surface area contributed by atoms with Gasteiger partial charge in [-0.25, -0.2) is 4.39 Å². The van der Waals surface area contributed by atoms with E-state index < -0.39 is 6.10 Å². The van der Waals surface area contributed by atoms with Gasteiger partial charge >= 0.3 is 0 Å². The zero-order chi connectivity index (χ0) is 20.6. The molecule has 0 radical (unpaired) electrons. The van der Waals surface area contributed by atoms with Crippen LogP contribution in [-0.2, 0) is 11.4 Å². The fourth-order valence-corrected chi connectivity index (χ4v) is 3.50. The molecule has 1 N–H and O–H groups in total. The summed E-state index contributed by atoms with van der Waals surface area (Å²) in [4.78, 5) is 7.79. The molecule has 2 atom stereocenters. The zero-order valence-corrected chi connectivity index (χ0v) is 17.1. The number of allylic oxidation sites excluding steroid dienone is 1. The van der Waals surface area contributed by atoms with E-state index in [9.17, 15) is 9.50 Å². The second-order valence-electron chi connectivity index (χ2n) is 7.32. The Labute approximate surface area is 176 Å². The minimum atomic E-state index is -0.466. The van der Waals surface area contributed by atoms with E-state index in [1.165, 1.54) is 12.1 Å². The maximum Gasteiger partial charge on any atom is 0.145 e. The predicted octanol–water partition coefficient (Wildman–Crippen LogP) is 4.80. The fourth-order valence-electron chi connectivity index (χ4n) is 3.38. The van der Waals surface area contributed by atoms with Crippen LogP contribution < -0.4 is 0 Å². The van der Waals surface area contributed by atoms with Crippen LogP contribution in [0.25, 0.3) is 0 Å². The molecule has 0 amide bonds. The Morgan fingerprint density at radius 2 is 1.97 bits per heavy atom. The van der Waals surface area contributed by atoms with Crippen LogP contribution in [-0.4, -0.2) is 41.0 Å². The highest BCUT2D eigenvalue weighted by Gasteiger charge is 2.25. The van der Waals surface area contributed by atoms with Crippen LogP contribution in [0.15, 0.2) is 66.3 Å². The molecule has 4 nitrogen and oxygen atoms in total. The average molecular weight is 417 g/mol. The third kappa shape index (κ3) is 6.67. The molecule has 1 aliphatic rings. The van der Waals surface area contributed by atoms with Crippen molar-refractivity contribution in [3.8, 4) is 0 Å². The van der Waals surface area contributed by atoms with Gasteiger partial charge in [0.05, 0.1) is 11.8 Å². The molecular weight excluding hydrogens is 391 g/mol. The topological polar surface area (TPSA) is 45.1 Å². The molecular formula is C23H26ClFN2O2. The number of benzene rings is 2. The van der Waals surface area contributed by atoms with Gasteiger partial charge in [-0.15, -0.1) is 6.58 Å². The van der Waals surface area contributed by atoms with Crippen molar-refractivity contribution in [2.75, 3.05) is 13.1 Å². The lowest BCUT2D eigenvalue weighted by Crippen LogP contribution is -2.37. The first kappa shape index (κ1) is 21.5. The first-order valence-corrected chi connectivity index (χ1v) is 10.2. The summed E-state index contributed by atoms with van der Waals surface area (Å²) in [5, 5.41) is 15.3. The van der Waals surface area contributed by atoms with Crippen molar-refractivity contribution >= 4 is 17.3 Å². The highest BCUT2D eigenvalue weighted by Crippen LogP contribution is 2.20. The number of oxime groups is 1. The quantitative estimate of drug-likeness (QED) is 0.566. The molecule has 2 aromatic rings. The number of halogens is 2. The Balaban J connectivity index is 1.62. The van der Waals surface area contributed by atoms with Gasteiger partial charge in [0.15, 0.2) is 0 Å². The van der Waals surface area contributed by atoms with Crippen molar-refractivity contribution in [2.24, 2.45) is 5.16 Å². The molecule has 0 unspecified atom stereocenters. The van der Waals surface area contributed by atoms with Crippen LogP contribution in [0.1, 0.15) is 30.4 Å². The lowest BCUT2D eigenvalue weighted by molar-refractivity contribution is 0.0308. The molecule has 0 saturated heterocycles. The van der Waals surface area contributed by atoms with Crippen LogP contribution >= 0.6 is 11.6 Å². The number of aliphatic hydroxyl groups excluding tert-OH is 1. The molecule has 2 aromatic carbocycles. The Kier molecular flexibility index (Phi) is 7.81. The van der Waals surface area contributed by atoms with Crippen molar-refractivity contribution in [3.05, 3.63) is 83.2 Å². The minimum Gasteiger partial charge on any atom is -0.392 e. The van der Waals surface area contributed by atoms with Crippen LogP contribution in [0.5, 0.6) is 0 Å². The zero-order valence-electron chi connectivity index (χ0n) is 16.3. The van der Waals surface area contributed by atoms with E-state index in [0.717, 1.165) is 23.3 Å². The van der Waals surface area contributed by atoms with Crippen LogP contribution in [0.3, 0.4) is 0 Å². The summed E-state index contributed by atoms with van der Waals surface area (Å²) in [6, 6.07) is 14.0. The molecule has 0 saturated carbocycles. The van der Waals surface area contributed by atoms with Crippen molar-refractivity contribution < 1.29 is 14.3 Å². The SMILES string of the molecule is C=CCC[C@H](O)CN(Cc1ccc(F)cc1)C[C@@H]1CC(c2ccc(Cl)cc2)=NO1. The smallest absolute Gasteiger partial charge is 0.145 e. The molecule has 0 fully saturated rings. The lowest BCUT2D eigenvalue weighted by atomic mass is 10.0. The van der Waals surface area contributed by atoms with Gasteiger partial charge in [-0.2, -0.15) is 0 Å². The third-order valence-electron chi connectivity index (χ3n) is 4.86. The van der Waals surface area contributed by atoms with E-state index in [2.05, 4.69) is 16.6 Å². The molecule has 1 aliphatic heterocycles. The second kappa shape index (κ2) is 10.5. The predicted molar refractivity (Wildman–Crippen MR) is 115 cm³/mol. The highest BCUT2D eigenvalue weighted by molar-refractivity contribution is 6.30. The van der Waals surface area contributed by atoms with Gasteiger partial charge in [0.2, 0.25) is 0 Å². The molecule has 0 bridgehead atoms. The molecule has 1 heterocycles. The molecule has 154 valence electrons. The molecule has 0 aromatic heterocycles. The maximum atomic E-state index is 13.2. The summed E-state index contributed by atoms with van der Waals surface area (Å²) in [5.74, 6) is -0.258. The standard InChI is InChI=1S/C23H26ClFN2O2/c1-2-3-4-21(28)15-27(14-17-5-11-20(25)12-6-17)16-22-13-23(26-29-22)18-7-9-19(24)10-8-18/h2,5-12,21-22,28H,1,3-4,13-16H2/t21-,22-/m0/s1. The maximum absolute atomic E-state index is 13.2. The Morgan fingerprint density at radius 3 is 2.66 bits per heavy atom. The fraction of sp³-hybridized carbons (Fsp3) is 0.348. The van der Waals surface area contributed by atoms with Gasteiger partial charge in [0.25, 0.3) is 0 Å². The number of hydrogen-bond acceptors (Lipinski definition) is 4. The van der Waals surface area contributed by atoms with E-state index in [0.29, 0.717) is 37.5 Å². The molecule has 3 rings (SSSR count). The first-order chi connectivity index (χ1) is 14.0. The van der Waals surface area contributed by atoms with Crippen LogP contribution in [0, 0.1) is 5.82 Å². The van der Waals surface area contributed by atoms with Gasteiger partial charge in [-0.1, -0.05) is 47.1 Å². The highest BCUT2D eigenvalue weighted by atomic mass is 35.5. The van der Waals surface area contributed by atoms with E-state index in [4.69, 9.17) is 16.4 Å². The summed E-state index contributed by atoms with van der Waals surface area (Å²) < 4.78 is 13.2. The molecule has 6 heteroatoms. The average Bonchev–Trinajstić information content (AvgIpc) is 3.17. The number of hydrogen-bond donors (Lipinski definition) is 1. The molecule has 0 aliphatic carbocycles. The van der Waals surface area contributed by atoms with Gasteiger partial charge in [0.1, 0.15) is 11.9 Å². The first-order valence-electron chi connectivity index (χ1n) is 9.78. The van der Waals surface area contributed by atoms with E-state index in [1.54, 1.807) is 18.2 Å². The Morgan fingerprint density at radius 1 is 1.24 bits per heavy atom. The summed E-state index contributed by atoms with van der Waals surface area (Å²) in [5.41, 5.74) is 2.87. The third-order valence-corrected chi connectivity index (χ3v) is 5.12. The number of aliphatic hydroxyl groups is 1. The number of nitrogens with zero attached hydrogens (tertiary/aromatic N) is 2. The van der Waals surface area contributed by atoms with Crippen LogP contribution in [0.4, 0.5) is 4.39 Å². The summed E-state index contributed by atoms with van der Waals surface area (Å²) >= 11 is 5.96. The van der Waals surface area contributed by atoms with E-state index >= 15 is 0 Å². The van der Waals surface area contributed by atoms with Gasteiger partial charge < -0.3 is 9.94 Å². The Hall–Kier alpha value is -2.21. The number of rotatable bonds is 10. The summed E-state index contributed by atoms with van der Waals surface area (Å²) in [6.07, 6.45) is 3.33. The van der Waals surface area contributed by atoms with Crippen LogP contribution in [0.2, 0.25) is 5.02 Å². The lowest BCUT2D eigenvalue weighted by Gasteiger charge is -2.27. The van der Waals surface area contributed by atoms with E-state index in [-0.39, 0.29) is 11.9 Å². The summed E-state index contributed by atoms with van der Waals surface area (Å²) in [7, 11) is 0. The van der Waals surface area contributed by atoms with Crippen molar-refractivity contribution in [2.45, 2.75) is 38.0 Å². The minimum absolute atomic E-state index is 0.104. The van der Waals surface area contributed by atoms with Gasteiger partial charge in [0, 0.05) is 31.1 Å². The monoisotopic (exact) mass is 416 g/mol. The molecule has 0 spiro atoms.